The Morgan fingerprint density at radius 2 is 2.09 bits per heavy atom. The molecule has 1 atom stereocenters. The van der Waals surface area contributed by atoms with Crippen molar-refractivity contribution in [2.45, 2.75) is 19.4 Å². The summed E-state index contributed by atoms with van der Waals surface area (Å²) in [6.45, 7) is 3.34. The molecule has 34 heavy (non-hydrogen) atoms. The molecule has 1 aliphatic heterocycles. The predicted molar refractivity (Wildman–Crippen MR) is 124 cm³/mol. The number of halogens is 1. The van der Waals surface area contributed by atoms with Gasteiger partial charge in [-0.1, -0.05) is 23.7 Å². The largest absolute Gasteiger partial charge is 0.473 e. The van der Waals surface area contributed by atoms with E-state index in [-0.39, 0.29) is 6.10 Å². The molecule has 0 saturated carbocycles. The Labute approximate surface area is 200 Å². The number of hydrogen-bond acceptors (Lipinski definition) is 8. The fourth-order valence-electron chi connectivity index (χ4n) is 4.08. The summed E-state index contributed by atoms with van der Waals surface area (Å²) in [7, 11) is 0. The average Bonchev–Trinajstić information content (AvgIpc) is 3.42. The second-order valence-electron chi connectivity index (χ2n) is 7.89. The molecule has 3 aromatic heterocycles. The van der Waals surface area contributed by atoms with Crippen molar-refractivity contribution in [3.8, 4) is 34.3 Å². The lowest BCUT2D eigenvalue weighted by Gasteiger charge is -2.14. The Balaban J connectivity index is 1.62. The molecule has 4 heterocycles. The van der Waals surface area contributed by atoms with Crippen LogP contribution in [0.5, 0.6) is 5.88 Å². The maximum Gasteiger partial charge on any atom is 0.312 e. The number of rotatable bonds is 6. The molecule has 5 rings (SSSR count). The summed E-state index contributed by atoms with van der Waals surface area (Å²) in [5, 5.41) is 16.1. The number of carbonyl (C=O) groups excluding carboxylic acids is 1. The van der Waals surface area contributed by atoms with E-state index in [9.17, 15) is 10.1 Å². The molecular formula is C24H19ClN6O3. The van der Waals surface area contributed by atoms with Crippen LogP contribution < -0.4 is 4.74 Å². The Hall–Kier alpha value is -4.00. The smallest absolute Gasteiger partial charge is 0.312 e. The first-order valence-corrected chi connectivity index (χ1v) is 11.0. The van der Waals surface area contributed by atoms with Crippen molar-refractivity contribution in [1.82, 2.24) is 24.6 Å². The lowest BCUT2D eigenvalue weighted by molar-refractivity contribution is -0.169. The van der Waals surface area contributed by atoms with Crippen molar-refractivity contribution in [2.75, 3.05) is 13.1 Å². The first-order chi connectivity index (χ1) is 16.5. The van der Waals surface area contributed by atoms with E-state index in [4.69, 9.17) is 31.3 Å². The maximum atomic E-state index is 10.6. The van der Waals surface area contributed by atoms with Gasteiger partial charge in [-0.3, -0.25) is 4.79 Å². The number of ether oxygens (including phenoxy) is 1. The molecule has 0 radical (unpaired) electrons. The van der Waals surface area contributed by atoms with E-state index in [1.165, 1.54) is 0 Å². The van der Waals surface area contributed by atoms with Crippen LogP contribution in [0.15, 0.2) is 48.7 Å². The molecule has 0 amide bonds. The summed E-state index contributed by atoms with van der Waals surface area (Å²) < 4.78 is 7.76. The third-order valence-electron chi connectivity index (χ3n) is 5.52. The van der Waals surface area contributed by atoms with Gasteiger partial charge >= 0.3 is 6.47 Å². The molecular weight excluding hydrogens is 456 g/mol. The molecule has 0 bridgehead atoms. The minimum Gasteiger partial charge on any atom is -0.473 e. The zero-order chi connectivity index (χ0) is 23.7. The molecule has 0 unspecified atom stereocenters. The number of fused-ring (bicyclic) bond motifs is 1. The van der Waals surface area contributed by atoms with Gasteiger partial charge in [0.1, 0.15) is 17.0 Å². The van der Waals surface area contributed by atoms with Gasteiger partial charge in [0.15, 0.2) is 5.65 Å². The second kappa shape index (κ2) is 9.09. The number of nitrogens with zero attached hydrogens (tertiary/aromatic N) is 6. The van der Waals surface area contributed by atoms with Gasteiger partial charge in [-0.05, 0) is 36.8 Å². The van der Waals surface area contributed by atoms with E-state index in [1.54, 1.807) is 40.0 Å². The fraction of sp³-hybridized carbons (Fsp3) is 0.208. The minimum absolute atomic E-state index is 0.161. The van der Waals surface area contributed by atoms with E-state index < -0.39 is 0 Å². The maximum absolute atomic E-state index is 10.6. The van der Waals surface area contributed by atoms with E-state index >= 15 is 0 Å². The topological polar surface area (TPSA) is 106 Å². The van der Waals surface area contributed by atoms with Crippen LogP contribution in [0.1, 0.15) is 17.7 Å². The van der Waals surface area contributed by atoms with Gasteiger partial charge in [-0.25, -0.2) is 9.50 Å². The fourth-order valence-corrected chi connectivity index (χ4v) is 4.33. The zero-order valence-corrected chi connectivity index (χ0v) is 18.9. The summed E-state index contributed by atoms with van der Waals surface area (Å²) in [5.74, 6) is 0.431. The van der Waals surface area contributed by atoms with Gasteiger partial charge in [0.2, 0.25) is 5.88 Å². The molecule has 1 saturated heterocycles. The van der Waals surface area contributed by atoms with Crippen LogP contribution in [0.3, 0.4) is 0 Å². The van der Waals surface area contributed by atoms with Crippen molar-refractivity contribution in [1.29, 1.82) is 5.26 Å². The number of aryl methyl sites for hydroxylation is 1. The van der Waals surface area contributed by atoms with Crippen LogP contribution in [0.25, 0.3) is 28.0 Å². The molecule has 0 spiro atoms. The van der Waals surface area contributed by atoms with Gasteiger partial charge in [0, 0.05) is 36.5 Å². The van der Waals surface area contributed by atoms with Gasteiger partial charge in [-0.2, -0.15) is 15.3 Å². The van der Waals surface area contributed by atoms with Crippen molar-refractivity contribution in [3.63, 3.8) is 0 Å². The highest BCUT2D eigenvalue weighted by Crippen LogP contribution is 2.36. The number of hydrogen-bond donors (Lipinski definition) is 0. The molecule has 1 aliphatic rings. The van der Waals surface area contributed by atoms with E-state index in [0.717, 1.165) is 22.4 Å². The van der Waals surface area contributed by atoms with Crippen LogP contribution in [0.2, 0.25) is 5.15 Å². The summed E-state index contributed by atoms with van der Waals surface area (Å²) in [4.78, 5) is 24.5. The van der Waals surface area contributed by atoms with Crippen LogP contribution in [0, 0.1) is 18.3 Å². The minimum atomic E-state index is -0.161. The summed E-state index contributed by atoms with van der Waals surface area (Å²) in [6, 6.07) is 14.9. The van der Waals surface area contributed by atoms with Gasteiger partial charge in [-0.15, -0.1) is 5.06 Å². The molecule has 4 aromatic rings. The molecule has 1 fully saturated rings. The highest BCUT2D eigenvalue weighted by Gasteiger charge is 2.26. The van der Waals surface area contributed by atoms with Crippen LogP contribution in [-0.2, 0) is 9.63 Å². The van der Waals surface area contributed by atoms with Gasteiger partial charge < -0.3 is 9.57 Å². The number of pyridine rings is 1. The summed E-state index contributed by atoms with van der Waals surface area (Å²) in [6.07, 6.45) is 2.33. The first-order valence-electron chi connectivity index (χ1n) is 10.6. The second-order valence-corrected chi connectivity index (χ2v) is 8.28. The molecule has 0 aliphatic carbocycles. The van der Waals surface area contributed by atoms with E-state index in [1.807, 2.05) is 25.1 Å². The van der Waals surface area contributed by atoms with Gasteiger partial charge in [0.25, 0.3) is 0 Å². The van der Waals surface area contributed by atoms with Crippen LogP contribution in [0.4, 0.5) is 0 Å². The Bertz CT molecular complexity index is 1410. The summed E-state index contributed by atoms with van der Waals surface area (Å²) in [5.41, 5.74) is 4.87. The standard InChI is InChI=1S/C24H19ClN6O3/c1-15-9-18(11-20(25)27-15)22-23(17-4-2-3-16(10-17)12-26)29-31-8-6-21(28-24(22)31)34-19-5-7-30(13-19)33-14-32/h2-4,6,8-11,14,19H,5,7,13H2,1H3/t19-/m1/s1. The lowest BCUT2D eigenvalue weighted by Crippen LogP contribution is -2.25. The SMILES string of the molecule is Cc1cc(-c2c(-c3cccc(C#N)c3)nn3ccc(O[C@@H]4CCN(OC=O)C4)nc23)cc(Cl)n1. The Morgan fingerprint density at radius 3 is 2.88 bits per heavy atom. The number of nitriles is 1. The monoisotopic (exact) mass is 474 g/mol. The number of aromatic nitrogens is 4. The average molecular weight is 475 g/mol. The predicted octanol–water partition coefficient (Wildman–Crippen LogP) is 3.83. The number of hydroxylamine groups is 2. The first kappa shape index (κ1) is 21.8. The third kappa shape index (κ3) is 4.29. The van der Waals surface area contributed by atoms with Gasteiger partial charge in [0.05, 0.1) is 23.7 Å². The van der Waals surface area contributed by atoms with Crippen molar-refractivity contribution in [3.05, 3.63) is 65.1 Å². The number of benzene rings is 1. The molecule has 10 heteroatoms. The van der Waals surface area contributed by atoms with Crippen LogP contribution >= 0.6 is 11.6 Å². The third-order valence-corrected chi connectivity index (χ3v) is 5.72. The quantitative estimate of drug-likeness (QED) is 0.306. The number of carbonyl (C=O) groups is 1. The van der Waals surface area contributed by atoms with Crippen molar-refractivity contribution >= 4 is 23.7 Å². The highest BCUT2D eigenvalue weighted by atomic mass is 35.5. The molecule has 9 nitrogen and oxygen atoms in total. The van der Waals surface area contributed by atoms with Crippen molar-refractivity contribution in [2.24, 2.45) is 0 Å². The Morgan fingerprint density at radius 1 is 1.21 bits per heavy atom. The molecule has 0 N–H and O–H groups in total. The lowest BCUT2D eigenvalue weighted by atomic mass is 10.0. The van der Waals surface area contributed by atoms with E-state index in [2.05, 4.69) is 11.1 Å². The molecule has 170 valence electrons. The van der Waals surface area contributed by atoms with Crippen LogP contribution in [-0.4, -0.2) is 50.3 Å². The molecule has 1 aromatic carbocycles. The highest BCUT2D eigenvalue weighted by molar-refractivity contribution is 6.29. The van der Waals surface area contributed by atoms with E-state index in [0.29, 0.717) is 53.9 Å². The normalized spacial score (nSPS) is 15.9. The summed E-state index contributed by atoms with van der Waals surface area (Å²) >= 11 is 6.28. The van der Waals surface area contributed by atoms with Crippen molar-refractivity contribution < 1.29 is 14.4 Å². The zero-order valence-electron chi connectivity index (χ0n) is 18.2. The Kier molecular flexibility index (Phi) is 5.84.